The number of nitrogens with zero attached hydrogens (tertiary/aromatic N) is 2. The molecule has 0 aromatic carbocycles. The van der Waals surface area contributed by atoms with Crippen LogP contribution in [0.5, 0.6) is 0 Å². The summed E-state index contributed by atoms with van der Waals surface area (Å²) in [5.41, 5.74) is 0.432. The number of sulfonamides is 1. The average Bonchev–Trinajstić information content (AvgIpc) is 3.16. The maximum atomic E-state index is 12.2. The summed E-state index contributed by atoms with van der Waals surface area (Å²) >= 11 is 2.05. The molecule has 2 heterocycles. The van der Waals surface area contributed by atoms with E-state index in [0.29, 0.717) is 5.69 Å². The first-order chi connectivity index (χ1) is 11.3. The van der Waals surface area contributed by atoms with Gasteiger partial charge >= 0.3 is 5.97 Å². The number of anilines is 1. The van der Waals surface area contributed by atoms with Crippen molar-refractivity contribution in [1.29, 1.82) is 0 Å². The summed E-state index contributed by atoms with van der Waals surface area (Å²) in [4.78, 5) is 27.9. The highest BCUT2D eigenvalue weighted by Crippen LogP contribution is 2.23. The number of carbonyl (C=O) groups excluding carboxylic acids is 2. The van der Waals surface area contributed by atoms with Crippen molar-refractivity contribution in [3.63, 3.8) is 0 Å². The van der Waals surface area contributed by atoms with Crippen LogP contribution in [0, 0.1) is 6.92 Å². The Labute approximate surface area is 147 Å². The van der Waals surface area contributed by atoms with Crippen molar-refractivity contribution in [2.75, 3.05) is 26.0 Å². The molecule has 1 amide bonds. The lowest BCUT2D eigenvalue weighted by Crippen LogP contribution is -2.34. The Balaban J connectivity index is 2.05. The molecule has 8 nitrogen and oxygen atoms in total. The van der Waals surface area contributed by atoms with Crippen molar-refractivity contribution >= 4 is 49.7 Å². The highest BCUT2D eigenvalue weighted by atomic mass is 32.2. The minimum Gasteiger partial charge on any atom is -0.465 e. The standard InChI is InChI=1S/C13H15N3O5S3/c1-8-11(12(18)21-3)23-13(14-8)15-9(17)7-16(2)24(19,20)10-5-4-6-22-10/h4-6H,7H2,1-3H3,(H,14,15,17). The highest BCUT2D eigenvalue weighted by molar-refractivity contribution is 7.91. The second kappa shape index (κ2) is 7.38. The number of nitrogens with one attached hydrogen (secondary N) is 1. The number of carbonyl (C=O) groups is 2. The molecule has 1 N–H and O–H groups in total. The maximum absolute atomic E-state index is 12.2. The van der Waals surface area contributed by atoms with Gasteiger partial charge in [-0.15, -0.1) is 11.3 Å². The zero-order valence-corrected chi connectivity index (χ0v) is 15.5. The van der Waals surface area contributed by atoms with Crippen LogP contribution < -0.4 is 5.32 Å². The fourth-order valence-electron chi connectivity index (χ4n) is 1.74. The van der Waals surface area contributed by atoms with Crippen molar-refractivity contribution in [2.24, 2.45) is 0 Å². The third-order valence-corrected chi connectivity index (χ3v) is 7.17. The maximum Gasteiger partial charge on any atom is 0.350 e. The smallest absolute Gasteiger partial charge is 0.350 e. The molecule has 0 radical (unpaired) electrons. The lowest BCUT2D eigenvalue weighted by atomic mass is 10.4. The fourth-order valence-corrected chi connectivity index (χ4v) is 4.97. The number of rotatable bonds is 6. The van der Waals surface area contributed by atoms with Crippen LogP contribution >= 0.6 is 22.7 Å². The Morgan fingerprint density at radius 2 is 2.12 bits per heavy atom. The molecule has 11 heteroatoms. The lowest BCUT2D eigenvalue weighted by molar-refractivity contribution is -0.116. The van der Waals surface area contributed by atoms with Gasteiger partial charge in [-0.2, -0.15) is 4.31 Å². The quantitative estimate of drug-likeness (QED) is 0.752. The first kappa shape index (κ1) is 18.5. The number of aryl methyl sites for hydroxylation is 1. The van der Waals surface area contributed by atoms with E-state index in [-0.39, 0.29) is 20.8 Å². The van der Waals surface area contributed by atoms with E-state index in [0.717, 1.165) is 27.0 Å². The zero-order chi connectivity index (χ0) is 17.9. The van der Waals surface area contributed by atoms with Gasteiger partial charge in [0, 0.05) is 7.05 Å². The van der Waals surface area contributed by atoms with Crippen molar-refractivity contribution in [1.82, 2.24) is 9.29 Å². The van der Waals surface area contributed by atoms with Crippen molar-refractivity contribution in [2.45, 2.75) is 11.1 Å². The first-order valence-electron chi connectivity index (χ1n) is 6.61. The van der Waals surface area contributed by atoms with Gasteiger partial charge in [0.2, 0.25) is 5.91 Å². The summed E-state index contributed by atoms with van der Waals surface area (Å²) < 4.78 is 30.2. The Morgan fingerprint density at radius 1 is 1.42 bits per heavy atom. The number of ether oxygens (including phenoxy) is 1. The van der Waals surface area contributed by atoms with E-state index in [1.807, 2.05) is 0 Å². The number of aromatic nitrogens is 1. The van der Waals surface area contributed by atoms with Crippen LogP contribution in [0.3, 0.4) is 0 Å². The van der Waals surface area contributed by atoms with E-state index in [1.165, 1.54) is 20.2 Å². The van der Waals surface area contributed by atoms with Gasteiger partial charge in [0.1, 0.15) is 9.09 Å². The van der Waals surface area contributed by atoms with E-state index in [9.17, 15) is 18.0 Å². The summed E-state index contributed by atoms with van der Waals surface area (Å²) in [5, 5.41) is 4.34. The molecule has 2 aromatic rings. The molecule has 2 rings (SSSR count). The Morgan fingerprint density at radius 3 is 2.71 bits per heavy atom. The molecule has 24 heavy (non-hydrogen) atoms. The molecular formula is C13H15N3O5S3. The second-order valence-electron chi connectivity index (χ2n) is 4.67. The normalized spacial score (nSPS) is 11.5. The van der Waals surface area contributed by atoms with Gasteiger partial charge in [0.05, 0.1) is 19.3 Å². The van der Waals surface area contributed by atoms with Crippen LogP contribution in [0.4, 0.5) is 5.13 Å². The molecule has 0 spiro atoms. The molecule has 2 aromatic heterocycles. The molecule has 0 fully saturated rings. The molecule has 0 unspecified atom stereocenters. The van der Waals surface area contributed by atoms with Crippen LogP contribution in [-0.2, 0) is 19.6 Å². The summed E-state index contributed by atoms with van der Waals surface area (Å²) in [6.45, 7) is 1.25. The van der Waals surface area contributed by atoms with Crippen molar-refractivity contribution < 1.29 is 22.7 Å². The van der Waals surface area contributed by atoms with Crippen molar-refractivity contribution in [3.05, 3.63) is 28.1 Å². The number of methoxy groups -OCH3 is 1. The van der Waals surface area contributed by atoms with Crippen molar-refractivity contribution in [3.8, 4) is 0 Å². The number of hydrogen-bond donors (Lipinski definition) is 1. The van der Waals surface area contributed by atoms with E-state index >= 15 is 0 Å². The topological polar surface area (TPSA) is 106 Å². The monoisotopic (exact) mass is 389 g/mol. The molecule has 130 valence electrons. The van der Waals surface area contributed by atoms with Crippen LogP contribution in [0.25, 0.3) is 0 Å². The third kappa shape index (κ3) is 3.98. The highest BCUT2D eigenvalue weighted by Gasteiger charge is 2.24. The Bertz CT molecular complexity index is 842. The van der Waals surface area contributed by atoms with Gasteiger partial charge in [-0.25, -0.2) is 18.2 Å². The minimum absolute atomic E-state index is 0.163. The molecule has 0 saturated heterocycles. The average molecular weight is 389 g/mol. The predicted octanol–water partition coefficient (Wildman–Crippen LogP) is 1.56. The lowest BCUT2D eigenvalue weighted by Gasteiger charge is -2.14. The second-order valence-corrected chi connectivity index (χ2v) is 8.88. The van der Waals surface area contributed by atoms with Gasteiger partial charge < -0.3 is 10.1 Å². The van der Waals surface area contributed by atoms with Crippen LogP contribution in [0.1, 0.15) is 15.4 Å². The SMILES string of the molecule is COC(=O)c1sc(NC(=O)CN(C)S(=O)(=O)c2cccs2)nc1C. The van der Waals surface area contributed by atoms with Gasteiger partial charge in [0.25, 0.3) is 10.0 Å². The minimum atomic E-state index is -3.70. The molecular weight excluding hydrogens is 374 g/mol. The summed E-state index contributed by atoms with van der Waals surface area (Å²) in [6, 6.07) is 3.10. The number of thiazole rings is 1. The molecule has 0 atom stereocenters. The largest absolute Gasteiger partial charge is 0.465 e. The summed E-state index contributed by atoms with van der Waals surface area (Å²) in [6.07, 6.45) is 0. The van der Waals surface area contributed by atoms with E-state index in [1.54, 1.807) is 18.4 Å². The van der Waals surface area contributed by atoms with Gasteiger partial charge in [-0.3, -0.25) is 4.79 Å². The molecule has 0 saturated carbocycles. The van der Waals surface area contributed by atoms with Crippen LogP contribution in [0.15, 0.2) is 21.7 Å². The number of esters is 1. The van der Waals surface area contributed by atoms with Crippen LogP contribution in [0.2, 0.25) is 0 Å². The summed E-state index contributed by atoms with van der Waals surface area (Å²) in [5.74, 6) is -1.09. The first-order valence-corrected chi connectivity index (χ1v) is 9.74. The number of likely N-dealkylation sites (N-methyl/N-ethyl adjacent to an activating group) is 1. The van der Waals surface area contributed by atoms with Gasteiger partial charge in [-0.05, 0) is 18.4 Å². The Hall–Kier alpha value is -1.82. The van der Waals surface area contributed by atoms with Gasteiger partial charge in [0.15, 0.2) is 5.13 Å². The van der Waals surface area contributed by atoms with E-state index in [4.69, 9.17) is 0 Å². The van der Waals surface area contributed by atoms with Crippen LogP contribution in [-0.4, -0.2) is 50.3 Å². The Kier molecular flexibility index (Phi) is 5.70. The molecule has 0 aliphatic heterocycles. The molecule has 0 bridgehead atoms. The van der Waals surface area contributed by atoms with Gasteiger partial charge in [-0.1, -0.05) is 17.4 Å². The number of amides is 1. The van der Waals surface area contributed by atoms with E-state index in [2.05, 4.69) is 15.0 Å². The predicted molar refractivity (Wildman–Crippen MR) is 91.0 cm³/mol. The molecule has 0 aliphatic carbocycles. The van der Waals surface area contributed by atoms with E-state index < -0.39 is 21.9 Å². The molecule has 0 aliphatic rings. The summed E-state index contributed by atoms with van der Waals surface area (Å²) in [7, 11) is -1.13. The fraction of sp³-hybridized carbons (Fsp3) is 0.308. The number of hydrogen-bond acceptors (Lipinski definition) is 8. The number of thiophene rings is 1. The zero-order valence-electron chi connectivity index (χ0n) is 13.1. The third-order valence-electron chi connectivity index (χ3n) is 2.94.